The molecule has 9 heavy (non-hydrogen) atoms. The normalized spacial score (nSPS) is 12.0. The molecule has 0 atom stereocenters. The van der Waals surface area contributed by atoms with Crippen molar-refractivity contribution in [3.63, 3.8) is 0 Å². The summed E-state index contributed by atoms with van der Waals surface area (Å²) in [4.78, 5) is 2.40. The number of unbranched alkanes of at least 4 members (excludes halogenated alkanes) is 1. The predicted octanol–water partition coefficient (Wildman–Crippen LogP) is 3.13. The molecule has 0 aliphatic heterocycles. The Hall–Kier alpha value is 0.790. The van der Waals surface area contributed by atoms with Crippen LogP contribution in [-0.2, 0) is 0 Å². The van der Waals surface area contributed by atoms with Gasteiger partial charge in [0.15, 0.2) is 0 Å². The van der Waals surface area contributed by atoms with Gasteiger partial charge in [-0.1, -0.05) is 0 Å². The van der Waals surface area contributed by atoms with Crippen LogP contribution in [0.2, 0.25) is 8.43 Å². The van der Waals surface area contributed by atoms with Gasteiger partial charge in [-0.3, -0.25) is 0 Å². The summed E-state index contributed by atoms with van der Waals surface area (Å²) in [7, 11) is 0. The van der Waals surface area contributed by atoms with Crippen LogP contribution in [0.15, 0.2) is 0 Å². The van der Waals surface area contributed by atoms with E-state index in [1.807, 2.05) is 0 Å². The Balaban J connectivity index is 3.33. The van der Waals surface area contributed by atoms with Gasteiger partial charge in [0.1, 0.15) is 0 Å². The predicted molar refractivity (Wildman–Crippen MR) is 45.2 cm³/mol. The maximum atomic E-state index is 2.41. The van der Waals surface area contributed by atoms with E-state index in [9.17, 15) is 0 Å². The first-order valence-electron chi connectivity index (χ1n) is 3.67. The molecule has 0 saturated carbocycles. The fraction of sp³-hybridized carbons (Fsp3) is 1.00. The maximum absolute atomic E-state index is 2.41. The summed E-state index contributed by atoms with van der Waals surface area (Å²) >= 11 is 0.291. The van der Waals surface area contributed by atoms with Gasteiger partial charge in [-0.2, -0.15) is 0 Å². The average Bonchev–Trinajstić information content (AvgIpc) is 1.84. The van der Waals surface area contributed by atoms with E-state index in [0.29, 0.717) is 20.9 Å². The third-order valence-electron chi connectivity index (χ3n) is 1.68. The molecule has 0 fully saturated rings. The summed E-state index contributed by atoms with van der Waals surface area (Å²) in [6.07, 6.45) is 4.23. The molecule has 0 unspecified atom stereocenters. The first kappa shape index (κ1) is 9.79. The third-order valence-corrected chi connectivity index (χ3v) is 5.42. The topological polar surface area (TPSA) is 0 Å². The first-order valence-corrected chi connectivity index (χ1v) is 7.17. The second kappa shape index (κ2) is 4.58. The van der Waals surface area contributed by atoms with E-state index in [1.165, 1.54) is 19.3 Å². The van der Waals surface area contributed by atoms with E-state index in [2.05, 4.69) is 25.7 Å². The third kappa shape index (κ3) is 5.24. The van der Waals surface area contributed by atoms with Gasteiger partial charge in [0.2, 0.25) is 0 Å². The van der Waals surface area contributed by atoms with Crippen LogP contribution in [0.3, 0.4) is 0 Å². The quantitative estimate of drug-likeness (QED) is 0.664. The number of hydrogen-bond acceptors (Lipinski definition) is 0. The Bertz CT molecular complexity index is 67.0. The Morgan fingerprint density at radius 3 is 2.22 bits per heavy atom. The standard InChI is InChI=1S/C8H18Te/c1-5-6-7-8(2,3)9-4/h5-7H2,1-4H3. The van der Waals surface area contributed by atoms with Crippen molar-refractivity contribution in [2.45, 2.75) is 48.5 Å². The summed E-state index contributed by atoms with van der Waals surface area (Å²) in [5, 5.41) is 0. The molecule has 0 bridgehead atoms. The number of hydrogen-bond donors (Lipinski definition) is 0. The van der Waals surface area contributed by atoms with Crippen molar-refractivity contribution in [3.05, 3.63) is 0 Å². The average molecular weight is 242 g/mol. The Morgan fingerprint density at radius 2 is 1.89 bits per heavy atom. The molecule has 0 spiro atoms. The van der Waals surface area contributed by atoms with E-state index in [1.54, 1.807) is 0 Å². The minimum absolute atomic E-state index is 0.291. The van der Waals surface area contributed by atoms with Crippen molar-refractivity contribution in [1.82, 2.24) is 0 Å². The van der Waals surface area contributed by atoms with Gasteiger partial charge in [0.25, 0.3) is 0 Å². The minimum atomic E-state index is 0.291. The molecule has 0 aliphatic rings. The van der Waals surface area contributed by atoms with Crippen LogP contribution < -0.4 is 0 Å². The molecule has 56 valence electrons. The van der Waals surface area contributed by atoms with E-state index < -0.39 is 0 Å². The van der Waals surface area contributed by atoms with Gasteiger partial charge in [0, 0.05) is 0 Å². The monoisotopic (exact) mass is 244 g/mol. The molecule has 0 radical (unpaired) electrons. The van der Waals surface area contributed by atoms with Crippen LogP contribution >= 0.6 is 0 Å². The molecule has 0 aromatic heterocycles. The Labute approximate surface area is 69.5 Å². The second-order valence-corrected chi connectivity index (χ2v) is 7.39. The summed E-state index contributed by atoms with van der Waals surface area (Å²) in [6.45, 7) is 7.09. The van der Waals surface area contributed by atoms with Gasteiger partial charge < -0.3 is 0 Å². The van der Waals surface area contributed by atoms with E-state index >= 15 is 0 Å². The molecule has 0 aromatic rings. The Kier molecular flexibility index (Phi) is 4.98. The Morgan fingerprint density at radius 1 is 1.33 bits per heavy atom. The van der Waals surface area contributed by atoms with Crippen molar-refractivity contribution < 1.29 is 0 Å². The van der Waals surface area contributed by atoms with Crippen LogP contribution in [0.1, 0.15) is 40.0 Å². The molecule has 0 aromatic carbocycles. The molecular formula is C8H18Te. The van der Waals surface area contributed by atoms with Crippen LogP contribution in [0.5, 0.6) is 0 Å². The fourth-order valence-electron chi connectivity index (χ4n) is 0.705. The van der Waals surface area contributed by atoms with Crippen molar-refractivity contribution in [2.75, 3.05) is 0 Å². The molecule has 0 N–H and O–H groups in total. The summed E-state index contributed by atoms with van der Waals surface area (Å²) in [5.41, 5.74) is 0. The van der Waals surface area contributed by atoms with Gasteiger partial charge in [0.05, 0.1) is 0 Å². The SMILES string of the molecule is CCCCC(C)(C)[Te]C. The van der Waals surface area contributed by atoms with Crippen molar-refractivity contribution in [3.8, 4) is 0 Å². The molecule has 0 saturated heterocycles. The summed E-state index contributed by atoms with van der Waals surface area (Å²) in [5.74, 6) is 0. The van der Waals surface area contributed by atoms with E-state index in [0.717, 1.165) is 3.46 Å². The van der Waals surface area contributed by atoms with Gasteiger partial charge in [-0.05, 0) is 0 Å². The van der Waals surface area contributed by atoms with Crippen LogP contribution in [0.25, 0.3) is 0 Å². The summed E-state index contributed by atoms with van der Waals surface area (Å²) < 4.78 is 0.723. The number of rotatable bonds is 4. The van der Waals surface area contributed by atoms with E-state index in [4.69, 9.17) is 0 Å². The molecule has 0 nitrogen and oxygen atoms in total. The van der Waals surface area contributed by atoms with Crippen molar-refractivity contribution in [1.29, 1.82) is 0 Å². The van der Waals surface area contributed by atoms with Gasteiger partial charge in [-0.15, -0.1) is 0 Å². The van der Waals surface area contributed by atoms with Gasteiger partial charge in [-0.25, -0.2) is 0 Å². The zero-order valence-electron chi connectivity index (χ0n) is 7.03. The van der Waals surface area contributed by atoms with Crippen LogP contribution in [-0.4, -0.2) is 20.9 Å². The molecular weight excluding hydrogens is 224 g/mol. The van der Waals surface area contributed by atoms with Crippen LogP contribution in [0.4, 0.5) is 0 Å². The first-order chi connectivity index (χ1) is 4.12. The molecule has 0 aliphatic carbocycles. The summed E-state index contributed by atoms with van der Waals surface area (Å²) in [6, 6.07) is 0. The molecule has 1 heteroatoms. The van der Waals surface area contributed by atoms with E-state index in [-0.39, 0.29) is 0 Å². The molecule has 0 amide bonds. The zero-order chi connectivity index (χ0) is 7.33. The fourth-order valence-corrected chi connectivity index (χ4v) is 1.70. The van der Waals surface area contributed by atoms with Gasteiger partial charge >= 0.3 is 69.4 Å². The van der Waals surface area contributed by atoms with Crippen molar-refractivity contribution in [2.24, 2.45) is 0 Å². The molecule has 0 heterocycles. The van der Waals surface area contributed by atoms with Crippen molar-refractivity contribution >= 4 is 20.9 Å². The molecule has 0 rings (SSSR count). The van der Waals surface area contributed by atoms with Crippen LogP contribution in [0, 0.1) is 0 Å². The zero-order valence-corrected chi connectivity index (χ0v) is 9.36. The second-order valence-electron chi connectivity index (χ2n) is 3.07.